The minimum absolute atomic E-state index is 0.216. The van der Waals surface area contributed by atoms with Crippen LogP contribution in [0.1, 0.15) is 38.2 Å². The van der Waals surface area contributed by atoms with E-state index < -0.39 is 5.60 Å². The average molecular weight is 407 g/mol. The molecule has 1 aromatic rings. The fourth-order valence-corrected chi connectivity index (χ4v) is 4.23. The van der Waals surface area contributed by atoms with Gasteiger partial charge in [-0.3, -0.25) is 0 Å². The van der Waals surface area contributed by atoms with Gasteiger partial charge in [-0.25, -0.2) is 0 Å². The molecule has 0 saturated heterocycles. The Bertz CT molecular complexity index is 458. The first kappa shape index (κ1) is 16.3. The normalized spacial score (nSPS) is 26.7. The molecule has 0 aromatic heterocycles. The van der Waals surface area contributed by atoms with Crippen molar-refractivity contribution in [3.05, 3.63) is 26.6 Å². The molecule has 0 aliphatic heterocycles. The zero-order valence-corrected chi connectivity index (χ0v) is 14.8. The summed E-state index contributed by atoms with van der Waals surface area (Å²) in [5, 5.41) is 23.6. The van der Waals surface area contributed by atoms with Crippen LogP contribution < -0.4 is 5.32 Å². The van der Waals surface area contributed by atoms with Crippen LogP contribution in [0.2, 0.25) is 0 Å². The number of hydrogen-bond donors (Lipinski definition) is 3. The van der Waals surface area contributed by atoms with E-state index in [0.29, 0.717) is 28.0 Å². The monoisotopic (exact) mass is 405 g/mol. The second kappa shape index (κ2) is 6.77. The number of aliphatic hydroxyl groups is 1. The maximum absolute atomic E-state index is 10.6. The number of phenolic OH excluding ortho intramolecular Hbond substituents is 1. The number of aromatic hydroxyl groups is 1. The minimum Gasteiger partial charge on any atom is -0.506 e. The second-order valence-corrected chi connectivity index (χ2v) is 7.65. The van der Waals surface area contributed by atoms with Crippen molar-refractivity contribution < 1.29 is 10.2 Å². The number of hydrogen-bond acceptors (Lipinski definition) is 3. The molecular formula is C15H21Br2NO2. The molecular weight excluding hydrogens is 386 g/mol. The van der Waals surface area contributed by atoms with Crippen LogP contribution in [0.15, 0.2) is 21.1 Å². The Labute approximate surface area is 137 Å². The summed E-state index contributed by atoms with van der Waals surface area (Å²) in [6.07, 6.45) is 4.09. The predicted molar refractivity (Wildman–Crippen MR) is 87.8 cm³/mol. The van der Waals surface area contributed by atoms with Gasteiger partial charge in [0.1, 0.15) is 5.75 Å². The van der Waals surface area contributed by atoms with Gasteiger partial charge in [-0.15, -0.1) is 0 Å². The molecule has 3 N–H and O–H groups in total. The van der Waals surface area contributed by atoms with Crippen molar-refractivity contribution in [3.63, 3.8) is 0 Å². The van der Waals surface area contributed by atoms with Gasteiger partial charge in [-0.1, -0.05) is 19.8 Å². The lowest BCUT2D eigenvalue weighted by Gasteiger charge is -2.35. The van der Waals surface area contributed by atoms with Crippen molar-refractivity contribution in [2.45, 2.75) is 44.8 Å². The predicted octanol–water partition coefficient (Wildman–Crippen LogP) is 3.95. The van der Waals surface area contributed by atoms with Crippen molar-refractivity contribution >= 4 is 31.9 Å². The Morgan fingerprint density at radius 1 is 1.35 bits per heavy atom. The van der Waals surface area contributed by atoms with Crippen LogP contribution in [-0.2, 0) is 6.54 Å². The zero-order chi connectivity index (χ0) is 14.8. The molecule has 5 heteroatoms. The highest BCUT2D eigenvalue weighted by atomic mass is 79.9. The van der Waals surface area contributed by atoms with Crippen molar-refractivity contribution in [1.82, 2.24) is 5.32 Å². The third kappa shape index (κ3) is 4.20. The van der Waals surface area contributed by atoms with E-state index in [0.717, 1.165) is 24.8 Å². The second-order valence-electron chi connectivity index (χ2n) is 5.94. The Morgan fingerprint density at radius 2 is 2.00 bits per heavy atom. The van der Waals surface area contributed by atoms with Crippen molar-refractivity contribution in [2.75, 3.05) is 6.54 Å². The molecule has 0 bridgehead atoms. The van der Waals surface area contributed by atoms with Crippen LogP contribution in [0.5, 0.6) is 5.75 Å². The molecule has 0 spiro atoms. The lowest BCUT2D eigenvalue weighted by molar-refractivity contribution is -0.0119. The van der Waals surface area contributed by atoms with Crippen LogP contribution in [0.4, 0.5) is 0 Å². The van der Waals surface area contributed by atoms with Gasteiger partial charge in [0.05, 0.1) is 14.5 Å². The zero-order valence-electron chi connectivity index (χ0n) is 11.6. The van der Waals surface area contributed by atoms with Crippen LogP contribution in [0, 0.1) is 5.92 Å². The quantitative estimate of drug-likeness (QED) is 0.709. The van der Waals surface area contributed by atoms with Gasteiger partial charge < -0.3 is 15.5 Å². The lowest BCUT2D eigenvalue weighted by Crippen LogP contribution is -2.43. The van der Waals surface area contributed by atoms with Gasteiger partial charge in [0.2, 0.25) is 0 Å². The Hall–Kier alpha value is -0.100. The van der Waals surface area contributed by atoms with E-state index in [1.54, 1.807) is 0 Å². The van der Waals surface area contributed by atoms with Gasteiger partial charge in [-0.05, 0) is 68.3 Å². The highest BCUT2D eigenvalue weighted by Crippen LogP contribution is 2.34. The average Bonchev–Trinajstić information content (AvgIpc) is 2.35. The van der Waals surface area contributed by atoms with Crippen molar-refractivity contribution in [1.29, 1.82) is 0 Å². The summed E-state index contributed by atoms with van der Waals surface area (Å²) in [4.78, 5) is 0. The molecule has 1 aliphatic carbocycles. The van der Waals surface area contributed by atoms with Crippen LogP contribution in [-0.4, -0.2) is 22.4 Å². The van der Waals surface area contributed by atoms with Crippen molar-refractivity contribution in [3.8, 4) is 5.75 Å². The maximum atomic E-state index is 10.6. The van der Waals surface area contributed by atoms with Crippen LogP contribution in [0.3, 0.4) is 0 Å². The van der Waals surface area contributed by atoms with E-state index in [9.17, 15) is 10.2 Å². The van der Waals surface area contributed by atoms with Gasteiger partial charge in [0.15, 0.2) is 0 Å². The fourth-order valence-electron chi connectivity index (χ4n) is 2.95. The van der Waals surface area contributed by atoms with Gasteiger partial charge in [0.25, 0.3) is 0 Å². The summed E-state index contributed by atoms with van der Waals surface area (Å²) in [6, 6.07) is 3.78. The minimum atomic E-state index is -0.566. The van der Waals surface area contributed by atoms with Gasteiger partial charge >= 0.3 is 0 Å². The standard InChI is InChI=1S/C15H21Br2NO2/c1-10-3-2-4-15(20,7-10)9-18-8-11-5-12(16)14(19)13(17)6-11/h5-6,10,18-20H,2-4,7-9H2,1H3. The van der Waals surface area contributed by atoms with E-state index >= 15 is 0 Å². The Kier molecular flexibility index (Phi) is 5.51. The first-order valence-corrected chi connectivity index (χ1v) is 8.58. The summed E-state index contributed by atoms with van der Waals surface area (Å²) >= 11 is 6.65. The van der Waals surface area contributed by atoms with E-state index in [4.69, 9.17) is 0 Å². The lowest BCUT2D eigenvalue weighted by atomic mass is 9.79. The molecule has 1 aliphatic rings. The summed E-state index contributed by atoms with van der Waals surface area (Å²) < 4.78 is 1.35. The first-order valence-electron chi connectivity index (χ1n) is 7.00. The molecule has 112 valence electrons. The molecule has 20 heavy (non-hydrogen) atoms. The topological polar surface area (TPSA) is 52.5 Å². The van der Waals surface area contributed by atoms with E-state index in [-0.39, 0.29) is 5.75 Å². The summed E-state index contributed by atoms with van der Waals surface area (Å²) in [5.74, 6) is 0.820. The molecule has 1 aromatic carbocycles. The Balaban J connectivity index is 1.89. The van der Waals surface area contributed by atoms with E-state index in [1.807, 2.05) is 12.1 Å². The van der Waals surface area contributed by atoms with Gasteiger partial charge in [-0.2, -0.15) is 0 Å². The third-order valence-electron chi connectivity index (χ3n) is 3.93. The summed E-state index contributed by atoms with van der Waals surface area (Å²) in [7, 11) is 0. The number of phenols is 1. The summed E-state index contributed by atoms with van der Waals surface area (Å²) in [6.45, 7) is 3.50. The number of nitrogens with one attached hydrogen (secondary N) is 1. The highest BCUT2D eigenvalue weighted by Gasteiger charge is 2.31. The molecule has 1 fully saturated rings. The number of rotatable bonds is 4. The fraction of sp³-hybridized carbons (Fsp3) is 0.600. The Morgan fingerprint density at radius 3 is 2.60 bits per heavy atom. The molecule has 0 heterocycles. The molecule has 0 amide bonds. The summed E-state index contributed by atoms with van der Waals surface area (Å²) in [5.41, 5.74) is 0.497. The number of benzene rings is 1. The SMILES string of the molecule is CC1CCCC(O)(CNCc2cc(Br)c(O)c(Br)c2)C1. The molecule has 0 radical (unpaired) electrons. The highest BCUT2D eigenvalue weighted by molar-refractivity contribution is 9.11. The third-order valence-corrected chi connectivity index (χ3v) is 5.14. The molecule has 1 saturated carbocycles. The van der Waals surface area contributed by atoms with Crippen LogP contribution >= 0.6 is 31.9 Å². The van der Waals surface area contributed by atoms with E-state index in [1.165, 1.54) is 6.42 Å². The van der Waals surface area contributed by atoms with Gasteiger partial charge in [0, 0.05) is 13.1 Å². The molecule has 2 unspecified atom stereocenters. The molecule has 2 atom stereocenters. The van der Waals surface area contributed by atoms with Crippen molar-refractivity contribution in [2.24, 2.45) is 5.92 Å². The molecule has 2 rings (SSSR count). The number of halogens is 2. The maximum Gasteiger partial charge on any atom is 0.143 e. The van der Waals surface area contributed by atoms with Crippen LogP contribution in [0.25, 0.3) is 0 Å². The smallest absolute Gasteiger partial charge is 0.143 e. The van der Waals surface area contributed by atoms with E-state index in [2.05, 4.69) is 44.1 Å². The first-order chi connectivity index (χ1) is 9.39. The molecule has 3 nitrogen and oxygen atoms in total. The largest absolute Gasteiger partial charge is 0.506 e.